The van der Waals surface area contributed by atoms with Crippen molar-refractivity contribution < 1.29 is 9.59 Å². The molecule has 2 aromatic heterocycles. The summed E-state index contributed by atoms with van der Waals surface area (Å²) in [7, 11) is 0. The molecule has 10 nitrogen and oxygen atoms in total. The van der Waals surface area contributed by atoms with Gasteiger partial charge in [-0.25, -0.2) is 4.98 Å². The van der Waals surface area contributed by atoms with Crippen LogP contribution in [-0.2, 0) is 4.79 Å². The lowest BCUT2D eigenvalue weighted by atomic mass is 9.92. The van der Waals surface area contributed by atoms with E-state index in [-0.39, 0.29) is 17.7 Å². The highest BCUT2D eigenvalue weighted by Crippen LogP contribution is 2.24. The number of amides is 2. The van der Waals surface area contributed by atoms with Crippen molar-refractivity contribution in [1.29, 1.82) is 0 Å². The second-order valence-electron chi connectivity index (χ2n) is 9.34. The third-order valence-corrected chi connectivity index (χ3v) is 6.95. The number of nitrogens with zero attached hydrogens (tertiary/aromatic N) is 7. The summed E-state index contributed by atoms with van der Waals surface area (Å²) in [5.41, 5.74) is 4.31. The average Bonchev–Trinajstić information content (AvgIpc) is 3.44. The van der Waals surface area contributed by atoms with Gasteiger partial charge in [-0.15, -0.1) is 5.10 Å². The molecule has 0 spiro atoms. The number of hydrogen-bond donors (Lipinski definition) is 1. The molecule has 0 saturated carbocycles. The van der Waals surface area contributed by atoms with Crippen LogP contribution in [0.5, 0.6) is 0 Å². The SMILES string of the molecule is CC1CC=CC=C1C(=O)N1CCN(C(=O)c2ccc(Nc3nc4ccccc4n4nnnc34)cc2)CC1. The van der Waals surface area contributed by atoms with Crippen molar-refractivity contribution >= 4 is 40.0 Å². The molecule has 1 aliphatic heterocycles. The summed E-state index contributed by atoms with van der Waals surface area (Å²) >= 11 is 0. The van der Waals surface area contributed by atoms with Crippen LogP contribution in [0.15, 0.2) is 72.3 Å². The number of aromatic nitrogens is 5. The number of rotatable bonds is 4. The maximum absolute atomic E-state index is 13.1. The Balaban J connectivity index is 1.12. The van der Waals surface area contributed by atoms with E-state index in [0.717, 1.165) is 28.7 Å². The Labute approximate surface area is 213 Å². The van der Waals surface area contributed by atoms with E-state index < -0.39 is 0 Å². The van der Waals surface area contributed by atoms with Gasteiger partial charge in [-0.1, -0.05) is 37.3 Å². The fourth-order valence-electron chi connectivity index (χ4n) is 4.83. The van der Waals surface area contributed by atoms with Gasteiger partial charge in [0.05, 0.1) is 11.0 Å². The van der Waals surface area contributed by atoms with Crippen LogP contribution in [0.3, 0.4) is 0 Å². The fourth-order valence-corrected chi connectivity index (χ4v) is 4.83. The fraction of sp³-hybridized carbons (Fsp3) is 0.259. The number of piperazine rings is 1. The number of fused-ring (bicyclic) bond motifs is 3. The maximum Gasteiger partial charge on any atom is 0.253 e. The lowest BCUT2D eigenvalue weighted by Crippen LogP contribution is -2.51. The Morgan fingerprint density at radius 3 is 2.43 bits per heavy atom. The molecule has 0 radical (unpaired) electrons. The average molecular weight is 495 g/mol. The molecule has 4 aromatic rings. The molecule has 3 heterocycles. The molecule has 1 saturated heterocycles. The van der Waals surface area contributed by atoms with Crippen molar-refractivity contribution in [1.82, 2.24) is 34.8 Å². The van der Waals surface area contributed by atoms with E-state index in [4.69, 9.17) is 0 Å². The first kappa shape index (κ1) is 22.8. The Morgan fingerprint density at radius 2 is 1.68 bits per heavy atom. The van der Waals surface area contributed by atoms with E-state index in [1.165, 1.54) is 0 Å². The first-order chi connectivity index (χ1) is 18.1. The molecular weight excluding hydrogens is 468 g/mol. The highest BCUT2D eigenvalue weighted by molar-refractivity contribution is 5.96. The Kier molecular flexibility index (Phi) is 5.84. The molecule has 1 fully saturated rings. The summed E-state index contributed by atoms with van der Waals surface area (Å²) in [6.07, 6.45) is 6.84. The molecule has 2 aromatic carbocycles. The van der Waals surface area contributed by atoms with Gasteiger partial charge in [0.1, 0.15) is 0 Å². The highest BCUT2D eigenvalue weighted by atomic mass is 16.2. The molecule has 1 N–H and O–H groups in total. The van der Waals surface area contributed by atoms with Crippen LogP contribution in [0, 0.1) is 5.92 Å². The molecule has 1 atom stereocenters. The minimum absolute atomic E-state index is 0.0419. The van der Waals surface area contributed by atoms with Gasteiger partial charge in [0.15, 0.2) is 5.82 Å². The summed E-state index contributed by atoms with van der Waals surface area (Å²) in [6, 6.07) is 14.9. The van der Waals surface area contributed by atoms with E-state index in [0.29, 0.717) is 43.2 Å². The van der Waals surface area contributed by atoms with Crippen molar-refractivity contribution in [2.24, 2.45) is 5.92 Å². The first-order valence-corrected chi connectivity index (χ1v) is 12.4. The predicted octanol–water partition coefficient (Wildman–Crippen LogP) is 3.22. The van der Waals surface area contributed by atoms with Crippen molar-refractivity contribution in [3.8, 4) is 0 Å². The molecular formula is C27H26N8O2. The number of nitrogens with one attached hydrogen (secondary N) is 1. The van der Waals surface area contributed by atoms with Gasteiger partial charge in [-0.2, -0.15) is 4.52 Å². The summed E-state index contributed by atoms with van der Waals surface area (Å²) < 4.78 is 1.65. The molecule has 0 bridgehead atoms. The zero-order valence-corrected chi connectivity index (χ0v) is 20.4. The number of para-hydroxylation sites is 2. The minimum Gasteiger partial charge on any atom is -0.337 e. The topological polar surface area (TPSA) is 109 Å². The second-order valence-corrected chi connectivity index (χ2v) is 9.34. The molecule has 1 aliphatic carbocycles. The quantitative estimate of drug-likeness (QED) is 0.464. The standard InChI is InChI=1S/C27H26N8O2/c1-18-6-2-3-7-21(18)27(37)34-16-14-33(15-17-34)26(36)19-10-12-20(13-11-19)28-24-25-30-31-32-35(25)23-9-5-4-8-22(23)29-24/h2-5,7-13,18H,6,14-17H2,1H3,(H,28,29). The van der Waals surface area contributed by atoms with Gasteiger partial charge in [0, 0.05) is 43.0 Å². The van der Waals surface area contributed by atoms with Gasteiger partial charge in [0.2, 0.25) is 11.6 Å². The number of allylic oxidation sites excluding steroid dienone is 3. The number of benzene rings is 2. The first-order valence-electron chi connectivity index (χ1n) is 12.4. The molecule has 2 amide bonds. The lowest BCUT2D eigenvalue weighted by Gasteiger charge is -2.36. The molecule has 10 heteroatoms. The third kappa shape index (κ3) is 4.31. The van der Waals surface area contributed by atoms with E-state index in [2.05, 4.69) is 38.8 Å². The largest absolute Gasteiger partial charge is 0.337 e. The van der Waals surface area contributed by atoms with Crippen molar-refractivity contribution in [2.75, 3.05) is 31.5 Å². The van der Waals surface area contributed by atoms with E-state index in [9.17, 15) is 9.59 Å². The van der Waals surface area contributed by atoms with Gasteiger partial charge >= 0.3 is 0 Å². The van der Waals surface area contributed by atoms with Gasteiger partial charge in [-0.3, -0.25) is 9.59 Å². The van der Waals surface area contributed by atoms with Crippen molar-refractivity contribution in [3.63, 3.8) is 0 Å². The lowest BCUT2D eigenvalue weighted by molar-refractivity contribution is -0.129. The van der Waals surface area contributed by atoms with Crippen LogP contribution >= 0.6 is 0 Å². The van der Waals surface area contributed by atoms with Crippen LogP contribution in [-0.4, -0.2) is 72.8 Å². The van der Waals surface area contributed by atoms with Crippen LogP contribution in [0.1, 0.15) is 23.7 Å². The van der Waals surface area contributed by atoms with Crippen LogP contribution < -0.4 is 5.32 Å². The Hall–Kier alpha value is -4.60. The van der Waals surface area contributed by atoms with Gasteiger partial charge < -0.3 is 15.1 Å². The summed E-state index contributed by atoms with van der Waals surface area (Å²) in [6.45, 7) is 4.18. The van der Waals surface area contributed by atoms with Gasteiger partial charge in [0.25, 0.3) is 5.91 Å². The van der Waals surface area contributed by atoms with Crippen molar-refractivity contribution in [3.05, 3.63) is 77.9 Å². The zero-order valence-electron chi connectivity index (χ0n) is 20.4. The third-order valence-electron chi connectivity index (χ3n) is 6.95. The monoisotopic (exact) mass is 494 g/mol. The summed E-state index contributed by atoms with van der Waals surface area (Å²) in [5.74, 6) is 0.797. The Bertz CT molecular complexity index is 1550. The number of carbonyl (C=O) groups is 2. The Morgan fingerprint density at radius 1 is 0.946 bits per heavy atom. The van der Waals surface area contributed by atoms with Crippen molar-refractivity contribution in [2.45, 2.75) is 13.3 Å². The highest BCUT2D eigenvalue weighted by Gasteiger charge is 2.28. The van der Waals surface area contributed by atoms with Crippen LogP contribution in [0.25, 0.3) is 16.7 Å². The molecule has 37 heavy (non-hydrogen) atoms. The normalized spacial score (nSPS) is 17.8. The maximum atomic E-state index is 13.1. The minimum atomic E-state index is -0.0419. The van der Waals surface area contributed by atoms with E-state index in [1.54, 1.807) is 21.5 Å². The number of tetrazole rings is 1. The predicted molar refractivity (Wildman–Crippen MR) is 139 cm³/mol. The number of hydrogen-bond acceptors (Lipinski definition) is 7. The molecule has 6 rings (SSSR count). The molecule has 2 aliphatic rings. The number of anilines is 2. The molecule has 1 unspecified atom stereocenters. The summed E-state index contributed by atoms with van der Waals surface area (Å²) in [5, 5.41) is 15.2. The zero-order chi connectivity index (χ0) is 25.4. The smallest absolute Gasteiger partial charge is 0.253 e. The second kappa shape index (κ2) is 9.45. The van der Waals surface area contributed by atoms with E-state index in [1.807, 2.05) is 53.5 Å². The van der Waals surface area contributed by atoms with E-state index >= 15 is 0 Å². The van der Waals surface area contributed by atoms with Crippen LogP contribution in [0.2, 0.25) is 0 Å². The molecule has 186 valence electrons. The summed E-state index contributed by atoms with van der Waals surface area (Å²) in [4.78, 5) is 34.4. The van der Waals surface area contributed by atoms with Gasteiger partial charge in [-0.05, 0) is 59.2 Å². The number of carbonyl (C=O) groups excluding carboxylic acids is 2. The van der Waals surface area contributed by atoms with Crippen LogP contribution in [0.4, 0.5) is 11.5 Å².